The lowest BCUT2D eigenvalue weighted by Crippen LogP contribution is -1.74. The molecule has 2 aromatic rings. The van der Waals surface area contributed by atoms with Gasteiger partial charge in [0.05, 0.1) is 11.7 Å². The van der Waals surface area contributed by atoms with E-state index in [-0.39, 0.29) is 0 Å². The van der Waals surface area contributed by atoms with Crippen molar-refractivity contribution in [1.82, 2.24) is 10.2 Å². The zero-order chi connectivity index (χ0) is 8.55. The fraction of sp³-hybridized carbons (Fsp3) is 0.125. The number of aromatic amines is 1. The van der Waals surface area contributed by atoms with Gasteiger partial charge in [0.2, 0.25) is 0 Å². The quantitative estimate of drug-likeness (QED) is 0.652. The van der Waals surface area contributed by atoms with Crippen molar-refractivity contribution >= 4 is 16.6 Å². The van der Waals surface area contributed by atoms with Gasteiger partial charge in [-0.3, -0.25) is 5.10 Å². The molecule has 0 aliphatic carbocycles. The first-order chi connectivity index (χ1) is 5.81. The van der Waals surface area contributed by atoms with E-state index >= 15 is 0 Å². The van der Waals surface area contributed by atoms with Gasteiger partial charge in [-0.2, -0.15) is 5.10 Å². The summed E-state index contributed by atoms with van der Waals surface area (Å²) in [6.45, 7) is 1.92. The summed E-state index contributed by atoms with van der Waals surface area (Å²) in [4.78, 5) is 10.4. The van der Waals surface area contributed by atoms with Gasteiger partial charge in [-0.05, 0) is 29.8 Å². The molecule has 0 aliphatic rings. The fourth-order valence-electron chi connectivity index (χ4n) is 1.26. The molecule has 2 rings (SSSR count). The van der Waals surface area contributed by atoms with E-state index in [4.69, 9.17) is 0 Å². The second-order valence-corrected chi connectivity index (χ2v) is 2.71. The van der Waals surface area contributed by atoms with Crippen LogP contribution < -0.4 is 0 Å². The minimum absolute atomic E-state index is 0.419. The van der Waals surface area contributed by atoms with E-state index < -0.39 is 0 Å². The highest BCUT2D eigenvalue weighted by atomic mass is 16.3. The number of hydrogen-bond acceptors (Lipinski definition) is 3. The number of benzene rings is 1. The molecule has 0 unspecified atom stereocenters. The molecule has 0 radical (unpaired) electrons. The fourth-order valence-corrected chi connectivity index (χ4v) is 1.26. The van der Waals surface area contributed by atoms with Crippen molar-refractivity contribution in [3.8, 4) is 0 Å². The summed E-state index contributed by atoms with van der Waals surface area (Å²) in [6, 6.07) is 3.68. The van der Waals surface area contributed by atoms with E-state index in [0.717, 1.165) is 10.9 Å². The molecule has 0 aliphatic heterocycles. The second-order valence-electron chi connectivity index (χ2n) is 2.71. The van der Waals surface area contributed by atoms with Gasteiger partial charge >= 0.3 is 0 Å². The first-order valence-electron chi connectivity index (χ1n) is 3.58. The van der Waals surface area contributed by atoms with E-state index in [1.165, 1.54) is 0 Å². The number of rotatable bonds is 1. The van der Waals surface area contributed by atoms with Gasteiger partial charge in [-0.1, -0.05) is 0 Å². The van der Waals surface area contributed by atoms with E-state index in [0.29, 0.717) is 11.2 Å². The topological polar surface area (TPSA) is 58.1 Å². The van der Waals surface area contributed by atoms with Crippen LogP contribution >= 0.6 is 0 Å². The Balaban J connectivity index is 2.88. The Morgan fingerprint density at radius 3 is 3.08 bits per heavy atom. The van der Waals surface area contributed by atoms with Crippen LogP contribution in [0.25, 0.3) is 10.9 Å². The van der Waals surface area contributed by atoms with Crippen molar-refractivity contribution in [1.29, 1.82) is 0 Å². The Hall–Kier alpha value is -1.71. The molecule has 60 valence electrons. The highest BCUT2D eigenvalue weighted by Gasteiger charge is 2.03. The van der Waals surface area contributed by atoms with Gasteiger partial charge in [0.25, 0.3) is 0 Å². The molecular weight excluding hydrogens is 154 g/mol. The van der Waals surface area contributed by atoms with Crippen LogP contribution in [0.3, 0.4) is 0 Å². The van der Waals surface area contributed by atoms with Crippen molar-refractivity contribution in [3.05, 3.63) is 28.8 Å². The Morgan fingerprint density at radius 2 is 2.33 bits per heavy atom. The van der Waals surface area contributed by atoms with Gasteiger partial charge in [0.15, 0.2) is 0 Å². The van der Waals surface area contributed by atoms with Gasteiger partial charge < -0.3 is 0 Å². The van der Waals surface area contributed by atoms with Crippen LogP contribution in [-0.4, -0.2) is 10.2 Å². The smallest absolute Gasteiger partial charge is 0.133 e. The Labute approximate surface area is 68.6 Å². The lowest BCUT2D eigenvalue weighted by molar-refractivity contribution is 1.12. The lowest BCUT2D eigenvalue weighted by Gasteiger charge is -1.94. The molecule has 0 amide bonds. The van der Waals surface area contributed by atoms with Crippen molar-refractivity contribution < 1.29 is 0 Å². The van der Waals surface area contributed by atoms with Crippen molar-refractivity contribution in [3.63, 3.8) is 0 Å². The van der Waals surface area contributed by atoms with Gasteiger partial charge in [-0.15, -0.1) is 4.91 Å². The minimum Gasteiger partial charge on any atom is -0.275 e. The van der Waals surface area contributed by atoms with Crippen LogP contribution in [0.4, 0.5) is 5.69 Å². The number of hydrogen-bond donors (Lipinski definition) is 1. The Morgan fingerprint density at radius 1 is 1.50 bits per heavy atom. The number of nitrogens with zero attached hydrogens (tertiary/aromatic N) is 2. The lowest BCUT2D eigenvalue weighted by atomic mass is 10.1. The van der Waals surface area contributed by atoms with Crippen LogP contribution in [0.15, 0.2) is 23.5 Å². The zero-order valence-electron chi connectivity index (χ0n) is 6.53. The summed E-state index contributed by atoms with van der Waals surface area (Å²) in [5.41, 5.74) is 2.14. The highest BCUT2D eigenvalue weighted by molar-refractivity contribution is 5.89. The summed E-state index contributed by atoms with van der Waals surface area (Å²) in [5.74, 6) is 0. The van der Waals surface area contributed by atoms with Crippen LogP contribution in [0.2, 0.25) is 0 Å². The average Bonchev–Trinajstić information content (AvgIpc) is 2.50. The molecular formula is C8H7N3O. The molecule has 1 heterocycles. The molecule has 12 heavy (non-hydrogen) atoms. The van der Waals surface area contributed by atoms with Crippen LogP contribution in [0, 0.1) is 11.8 Å². The van der Waals surface area contributed by atoms with Crippen LogP contribution in [-0.2, 0) is 0 Å². The molecule has 0 fully saturated rings. The first kappa shape index (κ1) is 6.97. The maximum atomic E-state index is 10.4. The van der Waals surface area contributed by atoms with Gasteiger partial charge in [0, 0.05) is 5.39 Å². The third-order valence-electron chi connectivity index (χ3n) is 1.77. The number of fused-ring (bicyclic) bond motifs is 1. The summed E-state index contributed by atoms with van der Waals surface area (Å²) in [6.07, 6.45) is 1.68. The maximum Gasteiger partial charge on any atom is 0.133 e. The number of aromatic nitrogens is 2. The number of aryl methyl sites for hydroxylation is 1. The zero-order valence-corrected chi connectivity index (χ0v) is 6.53. The van der Waals surface area contributed by atoms with E-state index in [9.17, 15) is 4.91 Å². The minimum atomic E-state index is 0.419. The number of nitroso groups, excluding NO2 is 1. The third-order valence-corrected chi connectivity index (χ3v) is 1.77. The SMILES string of the molecule is Cc1cc(N=O)c2[nH]ncc2c1. The van der Waals surface area contributed by atoms with Crippen molar-refractivity contribution in [2.75, 3.05) is 0 Å². The molecule has 4 heteroatoms. The summed E-state index contributed by atoms with van der Waals surface area (Å²) in [5, 5.41) is 10.4. The molecule has 1 aromatic heterocycles. The molecule has 0 saturated heterocycles. The van der Waals surface area contributed by atoms with E-state index in [1.54, 1.807) is 12.3 Å². The average molecular weight is 161 g/mol. The molecule has 0 spiro atoms. The van der Waals surface area contributed by atoms with Crippen molar-refractivity contribution in [2.24, 2.45) is 5.18 Å². The largest absolute Gasteiger partial charge is 0.275 e. The standard InChI is InChI=1S/C8H7N3O/c1-5-2-6-4-9-10-8(6)7(3-5)11-12/h2-4H,1H3,(H,9,10). The Bertz CT molecular complexity index is 433. The molecule has 1 aromatic carbocycles. The number of H-pyrrole nitrogens is 1. The summed E-state index contributed by atoms with van der Waals surface area (Å²) < 4.78 is 0. The molecule has 0 atom stereocenters. The Kier molecular flexibility index (Phi) is 1.40. The predicted molar refractivity (Wildman–Crippen MR) is 46.3 cm³/mol. The molecule has 0 saturated carbocycles. The molecule has 1 N–H and O–H groups in total. The summed E-state index contributed by atoms with van der Waals surface area (Å²) in [7, 11) is 0. The van der Waals surface area contributed by atoms with Crippen LogP contribution in [0.5, 0.6) is 0 Å². The van der Waals surface area contributed by atoms with Gasteiger partial charge in [-0.25, -0.2) is 0 Å². The van der Waals surface area contributed by atoms with E-state index in [2.05, 4.69) is 15.4 Å². The monoisotopic (exact) mass is 161 g/mol. The van der Waals surface area contributed by atoms with Crippen LogP contribution in [0.1, 0.15) is 5.56 Å². The second kappa shape index (κ2) is 2.41. The first-order valence-corrected chi connectivity index (χ1v) is 3.58. The summed E-state index contributed by atoms with van der Waals surface area (Å²) >= 11 is 0. The number of nitrogens with one attached hydrogen (secondary N) is 1. The molecule has 0 bridgehead atoms. The normalized spacial score (nSPS) is 10.4. The van der Waals surface area contributed by atoms with Gasteiger partial charge in [0.1, 0.15) is 5.69 Å². The maximum absolute atomic E-state index is 10.4. The van der Waals surface area contributed by atoms with Crippen molar-refractivity contribution in [2.45, 2.75) is 6.92 Å². The van der Waals surface area contributed by atoms with E-state index in [1.807, 2.05) is 13.0 Å². The molecule has 4 nitrogen and oxygen atoms in total. The third kappa shape index (κ3) is 0.887. The highest BCUT2D eigenvalue weighted by Crippen LogP contribution is 2.24. The predicted octanol–water partition coefficient (Wildman–Crippen LogP) is 2.27.